The van der Waals surface area contributed by atoms with Crippen LogP contribution in [0, 0.1) is 5.92 Å². The first kappa shape index (κ1) is 20.1. The summed E-state index contributed by atoms with van der Waals surface area (Å²) in [6.45, 7) is 7.17. The molecule has 5 nitrogen and oxygen atoms in total. The minimum absolute atomic E-state index is 0.245. The Kier molecular flexibility index (Phi) is 10.3. The second-order valence-corrected chi connectivity index (χ2v) is 5.74. The standard InChI is InChI=1S/C16H32N2O3/c1-5-8-9-10-14(6-2)11-16(21,7-3)15(12-19)18-17-13(4)20/h14,19,21H,5-12H2,1-4H3,(H,17,20)/b18-15+. The molecule has 0 bridgehead atoms. The van der Waals surface area contributed by atoms with Crippen LogP contribution < -0.4 is 5.43 Å². The van der Waals surface area contributed by atoms with E-state index in [2.05, 4.69) is 24.4 Å². The largest absolute Gasteiger partial charge is 0.390 e. The summed E-state index contributed by atoms with van der Waals surface area (Å²) in [5.74, 6) is 0.0879. The van der Waals surface area contributed by atoms with Gasteiger partial charge in [0, 0.05) is 6.92 Å². The molecule has 0 heterocycles. The molecule has 0 aliphatic heterocycles. The van der Waals surface area contributed by atoms with Gasteiger partial charge in [-0.3, -0.25) is 4.79 Å². The van der Waals surface area contributed by atoms with E-state index in [4.69, 9.17) is 0 Å². The summed E-state index contributed by atoms with van der Waals surface area (Å²) in [7, 11) is 0. The summed E-state index contributed by atoms with van der Waals surface area (Å²) in [5, 5.41) is 24.2. The van der Waals surface area contributed by atoms with Gasteiger partial charge in [0.05, 0.1) is 12.3 Å². The minimum atomic E-state index is -1.15. The Bertz CT molecular complexity index is 331. The van der Waals surface area contributed by atoms with Crippen molar-refractivity contribution in [1.82, 2.24) is 5.43 Å². The third-order valence-electron chi connectivity index (χ3n) is 4.04. The summed E-state index contributed by atoms with van der Waals surface area (Å²) in [5.41, 5.74) is 1.40. The summed E-state index contributed by atoms with van der Waals surface area (Å²) in [6, 6.07) is 0. The number of nitrogens with one attached hydrogen (secondary N) is 1. The molecule has 0 aromatic rings. The maximum atomic E-state index is 11.0. The number of aliphatic hydroxyl groups excluding tert-OH is 1. The van der Waals surface area contributed by atoms with E-state index >= 15 is 0 Å². The van der Waals surface area contributed by atoms with Crippen LogP contribution in [0.5, 0.6) is 0 Å². The van der Waals surface area contributed by atoms with Gasteiger partial charge in [0.2, 0.25) is 5.91 Å². The average molecular weight is 300 g/mol. The molecular weight excluding hydrogens is 268 g/mol. The zero-order valence-electron chi connectivity index (χ0n) is 14.0. The fourth-order valence-electron chi connectivity index (χ4n) is 2.51. The lowest BCUT2D eigenvalue weighted by Crippen LogP contribution is -2.43. The highest BCUT2D eigenvalue weighted by atomic mass is 16.3. The first-order valence-electron chi connectivity index (χ1n) is 8.10. The molecule has 2 atom stereocenters. The fourth-order valence-corrected chi connectivity index (χ4v) is 2.51. The van der Waals surface area contributed by atoms with Crippen molar-refractivity contribution in [2.24, 2.45) is 11.0 Å². The molecule has 1 amide bonds. The quantitative estimate of drug-likeness (QED) is 0.312. The van der Waals surface area contributed by atoms with Crippen LogP contribution in [0.2, 0.25) is 0 Å². The zero-order chi connectivity index (χ0) is 16.3. The van der Waals surface area contributed by atoms with Crippen molar-refractivity contribution < 1.29 is 15.0 Å². The second kappa shape index (κ2) is 10.7. The molecule has 21 heavy (non-hydrogen) atoms. The number of carbonyl (C=O) groups excluding carboxylic acids is 1. The zero-order valence-corrected chi connectivity index (χ0v) is 14.0. The molecule has 0 spiro atoms. The Balaban J connectivity index is 4.86. The highest BCUT2D eigenvalue weighted by molar-refractivity contribution is 5.94. The van der Waals surface area contributed by atoms with Crippen LogP contribution in [-0.4, -0.2) is 34.0 Å². The van der Waals surface area contributed by atoms with Gasteiger partial charge in [-0.2, -0.15) is 5.10 Å². The van der Waals surface area contributed by atoms with Crippen LogP contribution in [0.4, 0.5) is 0 Å². The van der Waals surface area contributed by atoms with Crippen molar-refractivity contribution >= 4 is 11.6 Å². The van der Waals surface area contributed by atoms with Crippen LogP contribution >= 0.6 is 0 Å². The molecule has 124 valence electrons. The summed E-state index contributed by atoms with van der Waals surface area (Å²) in [4.78, 5) is 11.0. The molecule has 0 saturated carbocycles. The number of rotatable bonds is 11. The number of aliphatic hydroxyl groups is 2. The third kappa shape index (κ3) is 7.58. The van der Waals surface area contributed by atoms with E-state index in [9.17, 15) is 15.0 Å². The fraction of sp³-hybridized carbons (Fsp3) is 0.875. The van der Waals surface area contributed by atoms with E-state index < -0.39 is 5.60 Å². The Morgan fingerprint density at radius 1 is 1.29 bits per heavy atom. The van der Waals surface area contributed by atoms with Crippen LogP contribution in [0.25, 0.3) is 0 Å². The Morgan fingerprint density at radius 2 is 1.95 bits per heavy atom. The van der Waals surface area contributed by atoms with E-state index in [1.807, 2.05) is 6.92 Å². The molecule has 3 N–H and O–H groups in total. The van der Waals surface area contributed by atoms with Crippen molar-refractivity contribution in [2.75, 3.05) is 6.61 Å². The predicted octanol–water partition coefficient (Wildman–Crippen LogP) is 2.61. The van der Waals surface area contributed by atoms with Crippen LogP contribution in [-0.2, 0) is 4.79 Å². The molecule has 0 aromatic carbocycles. The van der Waals surface area contributed by atoms with E-state index in [1.54, 1.807) is 0 Å². The first-order valence-corrected chi connectivity index (χ1v) is 8.10. The van der Waals surface area contributed by atoms with Crippen LogP contribution in [0.1, 0.15) is 72.6 Å². The Labute approximate surface area is 128 Å². The molecule has 0 aliphatic carbocycles. The van der Waals surface area contributed by atoms with Gasteiger partial charge in [-0.15, -0.1) is 0 Å². The van der Waals surface area contributed by atoms with Crippen molar-refractivity contribution in [1.29, 1.82) is 0 Å². The number of carbonyl (C=O) groups is 1. The summed E-state index contributed by atoms with van der Waals surface area (Å²) < 4.78 is 0. The SMILES string of the molecule is CCCCCC(CC)CC(O)(CC)/C(CO)=N/NC(C)=O. The smallest absolute Gasteiger partial charge is 0.236 e. The van der Waals surface area contributed by atoms with Crippen molar-refractivity contribution in [3.8, 4) is 0 Å². The van der Waals surface area contributed by atoms with Crippen molar-refractivity contribution in [3.05, 3.63) is 0 Å². The summed E-state index contributed by atoms with van der Waals surface area (Å²) in [6.07, 6.45) is 6.65. The van der Waals surface area contributed by atoms with Gasteiger partial charge in [0.25, 0.3) is 0 Å². The third-order valence-corrected chi connectivity index (χ3v) is 4.04. The van der Waals surface area contributed by atoms with Crippen molar-refractivity contribution in [3.63, 3.8) is 0 Å². The molecular formula is C16H32N2O3. The van der Waals surface area contributed by atoms with Gasteiger partial charge in [-0.1, -0.05) is 52.9 Å². The lowest BCUT2D eigenvalue weighted by molar-refractivity contribution is -0.118. The molecule has 0 rings (SSSR count). The van der Waals surface area contributed by atoms with E-state index in [0.717, 1.165) is 19.3 Å². The number of hydrogen-bond donors (Lipinski definition) is 3. The maximum absolute atomic E-state index is 11.0. The molecule has 2 unspecified atom stereocenters. The van der Waals surface area contributed by atoms with Gasteiger partial charge < -0.3 is 10.2 Å². The average Bonchev–Trinajstić information content (AvgIpc) is 2.46. The van der Waals surface area contributed by atoms with Gasteiger partial charge in [0.1, 0.15) is 5.60 Å². The molecule has 0 saturated heterocycles. The first-order chi connectivity index (χ1) is 9.93. The second-order valence-electron chi connectivity index (χ2n) is 5.74. The highest BCUT2D eigenvalue weighted by Crippen LogP contribution is 2.28. The lowest BCUT2D eigenvalue weighted by atomic mass is 9.81. The van der Waals surface area contributed by atoms with E-state index in [0.29, 0.717) is 18.8 Å². The molecule has 0 aromatic heterocycles. The topological polar surface area (TPSA) is 81.9 Å². The molecule has 5 heteroatoms. The minimum Gasteiger partial charge on any atom is -0.390 e. The number of unbranched alkanes of at least 4 members (excludes halogenated alkanes) is 2. The number of amides is 1. The van der Waals surface area contributed by atoms with Crippen LogP contribution in [0.15, 0.2) is 5.10 Å². The molecule has 0 aliphatic rings. The highest BCUT2D eigenvalue weighted by Gasteiger charge is 2.33. The van der Waals surface area contributed by atoms with Crippen molar-refractivity contribution in [2.45, 2.75) is 78.2 Å². The van der Waals surface area contributed by atoms with E-state index in [-0.39, 0.29) is 18.2 Å². The predicted molar refractivity (Wildman–Crippen MR) is 86.1 cm³/mol. The van der Waals surface area contributed by atoms with Gasteiger partial charge in [-0.25, -0.2) is 5.43 Å². The van der Waals surface area contributed by atoms with Gasteiger partial charge >= 0.3 is 0 Å². The number of nitrogens with zero attached hydrogens (tertiary/aromatic N) is 1. The normalized spacial score (nSPS) is 16.4. The molecule has 0 radical (unpaired) electrons. The lowest BCUT2D eigenvalue weighted by Gasteiger charge is -2.31. The van der Waals surface area contributed by atoms with Crippen LogP contribution in [0.3, 0.4) is 0 Å². The summed E-state index contributed by atoms with van der Waals surface area (Å²) >= 11 is 0. The Morgan fingerprint density at radius 3 is 2.38 bits per heavy atom. The monoisotopic (exact) mass is 300 g/mol. The molecule has 0 fully saturated rings. The number of hydrazone groups is 1. The van der Waals surface area contributed by atoms with Gasteiger partial charge in [0.15, 0.2) is 0 Å². The van der Waals surface area contributed by atoms with Gasteiger partial charge in [-0.05, 0) is 18.8 Å². The maximum Gasteiger partial charge on any atom is 0.236 e. The Hall–Kier alpha value is -0.940. The number of hydrogen-bond acceptors (Lipinski definition) is 4. The van der Waals surface area contributed by atoms with E-state index in [1.165, 1.54) is 19.8 Å².